The number of nitrogens with one attached hydrogen (secondary N) is 1. The lowest BCUT2D eigenvalue weighted by Crippen LogP contribution is -2.11. The van der Waals surface area contributed by atoms with Gasteiger partial charge in [-0.2, -0.15) is 0 Å². The van der Waals surface area contributed by atoms with Crippen LogP contribution in [-0.4, -0.2) is 33.2 Å². The Balaban J connectivity index is 1.57. The largest absolute Gasteiger partial charge is 0.491 e. The van der Waals surface area contributed by atoms with Crippen molar-refractivity contribution in [1.29, 1.82) is 0 Å². The molecule has 0 bridgehead atoms. The summed E-state index contributed by atoms with van der Waals surface area (Å²) in [4.78, 5) is 21.5. The zero-order valence-electron chi connectivity index (χ0n) is 22.0. The SMILES string of the molecule is CCOC(=O)c1cccnc1NCc1cc(OC(C)C)cc(-c2cn(-c3ccccc3)c3ncc(Br)cc23)c1. The van der Waals surface area contributed by atoms with Crippen LogP contribution in [0.5, 0.6) is 5.75 Å². The zero-order valence-corrected chi connectivity index (χ0v) is 23.6. The van der Waals surface area contributed by atoms with Gasteiger partial charge in [0.25, 0.3) is 0 Å². The Labute approximate surface area is 236 Å². The molecule has 0 aliphatic rings. The molecule has 5 rings (SSSR count). The van der Waals surface area contributed by atoms with Crippen molar-refractivity contribution in [3.8, 4) is 22.6 Å². The van der Waals surface area contributed by atoms with E-state index in [0.717, 1.165) is 43.6 Å². The van der Waals surface area contributed by atoms with E-state index in [1.54, 1.807) is 25.3 Å². The van der Waals surface area contributed by atoms with E-state index in [-0.39, 0.29) is 6.10 Å². The van der Waals surface area contributed by atoms with Crippen LogP contribution < -0.4 is 10.1 Å². The molecule has 5 aromatic rings. The molecule has 0 radical (unpaired) electrons. The fraction of sp³-hybridized carbons (Fsp3) is 0.194. The third-order valence-corrected chi connectivity index (χ3v) is 6.49. The van der Waals surface area contributed by atoms with Crippen LogP contribution in [0.1, 0.15) is 36.7 Å². The quantitative estimate of drug-likeness (QED) is 0.181. The molecule has 0 amide bonds. The van der Waals surface area contributed by atoms with Crippen LogP contribution in [0.15, 0.2) is 89.8 Å². The number of anilines is 1. The molecule has 1 N–H and O–H groups in total. The number of hydrogen-bond donors (Lipinski definition) is 1. The number of hydrogen-bond acceptors (Lipinski definition) is 6. The van der Waals surface area contributed by atoms with Gasteiger partial charge >= 0.3 is 5.97 Å². The van der Waals surface area contributed by atoms with Gasteiger partial charge < -0.3 is 19.4 Å². The Morgan fingerprint density at radius 2 is 1.87 bits per heavy atom. The van der Waals surface area contributed by atoms with Crippen molar-refractivity contribution in [2.45, 2.75) is 33.4 Å². The molecule has 3 heterocycles. The lowest BCUT2D eigenvalue weighted by atomic mass is 10.0. The standard InChI is InChI=1S/C31H29BrN4O3/c1-4-38-31(37)26-11-8-12-33-29(26)34-17-21-13-22(15-25(14-21)39-20(2)3)28-19-36(24-9-6-5-7-10-24)30-27(28)16-23(32)18-35-30/h5-16,18-20H,4,17H2,1-3H3,(H,33,34). The lowest BCUT2D eigenvalue weighted by molar-refractivity contribution is 0.0527. The van der Waals surface area contributed by atoms with Crippen molar-refractivity contribution in [2.75, 3.05) is 11.9 Å². The summed E-state index contributed by atoms with van der Waals surface area (Å²) in [6.45, 7) is 6.53. The molecule has 0 fully saturated rings. The van der Waals surface area contributed by atoms with Crippen molar-refractivity contribution < 1.29 is 14.3 Å². The van der Waals surface area contributed by atoms with Gasteiger partial charge in [-0.15, -0.1) is 0 Å². The van der Waals surface area contributed by atoms with E-state index >= 15 is 0 Å². The molecule has 3 aromatic heterocycles. The third kappa shape index (κ3) is 5.96. The van der Waals surface area contributed by atoms with Crippen LogP contribution in [-0.2, 0) is 11.3 Å². The maximum absolute atomic E-state index is 12.4. The molecule has 0 aliphatic heterocycles. The molecular formula is C31H29BrN4O3. The van der Waals surface area contributed by atoms with Gasteiger partial charge in [-0.05, 0) is 96.4 Å². The van der Waals surface area contributed by atoms with Crippen LogP contribution in [0.2, 0.25) is 0 Å². The molecule has 39 heavy (non-hydrogen) atoms. The average Bonchev–Trinajstić information content (AvgIpc) is 3.31. The predicted octanol–water partition coefficient (Wildman–Crippen LogP) is 7.43. The summed E-state index contributed by atoms with van der Waals surface area (Å²) < 4.78 is 14.3. The number of para-hydroxylation sites is 1. The van der Waals surface area contributed by atoms with Gasteiger partial charge in [0.2, 0.25) is 0 Å². The maximum atomic E-state index is 12.4. The molecule has 0 aliphatic carbocycles. The Morgan fingerprint density at radius 1 is 1.05 bits per heavy atom. The van der Waals surface area contributed by atoms with Gasteiger partial charge in [-0.25, -0.2) is 14.8 Å². The minimum atomic E-state index is -0.405. The molecule has 0 unspecified atom stereocenters. The smallest absolute Gasteiger partial charge is 0.341 e. The average molecular weight is 586 g/mol. The first-order chi connectivity index (χ1) is 18.9. The molecule has 7 nitrogen and oxygen atoms in total. The first-order valence-electron chi connectivity index (χ1n) is 12.8. The van der Waals surface area contributed by atoms with Crippen LogP contribution >= 0.6 is 15.9 Å². The summed E-state index contributed by atoms with van der Waals surface area (Å²) in [5.41, 5.74) is 5.30. The second-order valence-corrected chi connectivity index (χ2v) is 10.2. The fourth-order valence-electron chi connectivity index (χ4n) is 4.46. The number of esters is 1. The predicted molar refractivity (Wildman–Crippen MR) is 157 cm³/mol. The minimum Gasteiger partial charge on any atom is -0.491 e. The van der Waals surface area contributed by atoms with E-state index in [0.29, 0.717) is 24.5 Å². The maximum Gasteiger partial charge on any atom is 0.341 e. The highest BCUT2D eigenvalue weighted by atomic mass is 79.9. The number of aromatic nitrogens is 3. The van der Waals surface area contributed by atoms with Crippen molar-refractivity contribution in [3.05, 3.63) is 101 Å². The Morgan fingerprint density at radius 3 is 2.64 bits per heavy atom. The Hall–Kier alpha value is -4.17. The van der Waals surface area contributed by atoms with Gasteiger partial charge in [-0.1, -0.05) is 18.2 Å². The summed E-state index contributed by atoms with van der Waals surface area (Å²) >= 11 is 3.60. The summed E-state index contributed by atoms with van der Waals surface area (Å²) in [5, 5.41) is 4.33. The van der Waals surface area contributed by atoms with Gasteiger partial charge in [0, 0.05) is 46.2 Å². The first-order valence-corrected chi connectivity index (χ1v) is 13.6. The van der Waals surface area contributed by atoms with Crippen molar-refractivity contribution >= 4 is 38.8 Å². The first kappa shape index (κ1) is 26.4. The van der Waals surface area contributed by atoms with Crippen molar-refractivity contribution in [2.24, 2.45) is 0 Å². The van der Waals surface area contributed by atoms with Crippen molar-refractivity contribution in [3.63, 3.8) is 0 Å². The van der Waals surface area contributed by atoms with Gasteiger partial charge in [0.15, 0.2) is 0 Å². The van der Waals surface area contributed by atoms with Gasteiger partial charge in [-0.3, -0.25) is 0 Å². The van der Waals surface area contributed by atoms with Crippen molar-refractivity contribution in [1.82, 2.24) is 14.5 Å². The number of nitrogens with zero attached hydrogens (tertiary/aromatic N) is 3. The number of carbonyl (C=O) groups is 1. The van der Waals surface area contributed by atoms with E-state index in [2.05, 4.69) is 67.3 Å². The van der Waals surface area contributed by atoms with E-state index < -0.39 is 5.97 Å². The number of fused-ring (bicyclic) bond motifs is 1. The van der Waals surface area contributed by atoms with E-state index in [4.69, 9.17) is 14.5 Å². The molecule has 0 saturated carbocycles. The number of ether oxygens (including phenoxy) is 2. The van der Waals surface area contributed by atoms with Crippen LogP contribution in [0.3, 0.4) is 0 Å². The number of halogens is 1. The normalized spacial score (nSPS) is 11.1. The summed E-state index contributed by atoms with van der Waals surface area (Å²) in [5.74, 6) is 0.827. The summed E-state index contributed by atoms with van der Waals surface area (Å²) in [7, 11) is 0. The second-order valence-electron chi connectivity index (χ2n) is 9.28. The molecule has 0 spiro atoms. The van der Waals surface area contributed by atoms with E-state index in [9.17, 15) is 4.79 Å². The summed E-state index contributed by atoms with van der Waals surface area (Å²) in [6.07, 6.45) is 5.59. The lowest BCUT2D eigenvalue weighted by Gasteiger charge is -2.15. The van der Waals surface area contributed by atoms with E-state index in [1.807, 2.05) is 44.3 Å². The van der Waals surface area contributed by atoms with Crippen LogP contribution in [0, 0.1) is 0 Å². The minimum absolute atomic E-state index is 0.00809. The van der Waals surface area contributed by atoms with Crippen LogP contribution in [0.4, 0.5) is 5.82 Å². The molecule has 8 heteroatoms. The second kappa shape index (κ2) is 11.7. The number of rotatable bonds is 9. The Bertz CT molecular complexity index is 1620. The molecule has 0 atom stereocenters. The third-order valence-electron chi connectivity index (χ3n) is 6.06. The highest BCUT2D eigenvalue weighted by Gasteiger charge is 2.17. The fourth-order valence-corrected chi connectivity index (χ4v) is 4.79. The van der Waals surface area contributed by atoms with E-state index in [1.165, 1.54) is 0 Å². The monoisotopic (exact) mass is 584 g/mol. The highest BCUT2D eigenvalue weighted by molar-refractivity contribution is 9.10. The van der Waals surface area contributed by atoms with Crippen LogP contribution in [0.25, 0.3) is 27.8 Å². The molecule has 198 valence electrons. The Kier molecular flexibility index (Phi) is 7.93. The molecule has 0 saturated heterocycles. The summed E-state index contributed by atoms with van der Waals surface area (Å²) in [6, 6.07) is 21.9. The topological polar surface area (TPSA) is 78.3 Å². The van der Waals surface area contributed by atoms with Gasteiger partial charge in [0.1, 0.15) is 22.8 Å². The number of benzene rings is 2. The van der Waals surface area contributed by atoms with Gasteiger partial charge in [0.05, 0.1) is 12.7 Å². The molecule has 2 aromatic carbocycles. The number of carbonyl (C=O) groups excluding carboxylic acids is 1. The zero-order chi connectivity index (χ0) is 27.4. The number of pyridine rings is 2. The highest BCUT2D eigenvalue weighted by Crippen LogP contribution is 2.36. The molecular weight excluding hydrogens is 556 g/mol.